The summed E-state index contributed by atoms with van der Waals surface area (Å²) in [5.41, 5.74) is 0.830. The van der Waals surface area contributed by atoms with Crippen LogP contribution in [-0.4, -0.2) is 71.6 Å². The van der Waals surface area contributed by atoms with Crippen molar-refractivity contribution >= 4 is 0 Å². The van der Waals surface area contributed by atoms with E-state index in [0.29, 0.717) is 11.0 Å². The molecule has 3 nitrogen and oxygen atoms in total. The average Bonchev–Trinajstić information content (AvgIpc) is 2.27. The Labute approximate surface area is 138 Å². The average molecular weight is 308 g/mol. The fourth-order valence-corrected chi connectivity index (χ4v) is 4.30. The minimum atomic E-state index is 0.355. The Bertz CT molecular complexity index is 380. The van der Waals surface area contributed by atoms with Crippen LogP contribution in [0.2, 0.25) is 0 Å². The standard InChI is InChI=1S/C19H37N3/c1-18(2,3)15-8-7-9-20(10-15)16-11-21(12-16)17-13-22(14-17)19(4,5)6/h15-17H,7-14H2,1-6H3. The first-order chi connectivity index (χ1) is 10.1. The molecule has 1 atom stereocenters. The van der Waals surface area contributed by atoms with Crippen molar-refractivity contribution in [2.45, 2.75) is 72.0 Å². The lowest BCUT2D eigenvalue weighted by molar-refractivity contribution is -0.0853. The molecule has 0 amide bonds. The lowest BCUT2D eigenvalue weighted by Gasteiger charge is -2.58. The van der Waals surface area contributed by atoms with Crippen LogP contribution >= 0.6 is 0 Å². The first-order valence-corrected chi connectivity index (χ1v) is 9.38. The summed E-state index contributed by atoms with van der Waals surface area (Å²) in [6.45, 7) is 22.1. The van der Waals surface area contributed by atoms with Gasteiger partial charge < -0.3 is 0 Å². The molecule has 0 aromatic heterocycles. The molecule has 0 aromatic rings. The van der Waals surface area contributed by atoms with Gasteiger partial charge in [0.2, 0.25) is 0 Å². The van der Waals surface area contributed by atoms with Crippen LogP contribution < -0.4 is 0 Å². The third-order valence-corrected chi connectivity index (χ3v) is 6.41. The van der Waals surface area contributed by atoms with E-state index < -0.39 is 0 Å². The number of hydrogen-bond acceptors (Lipinski definition) is 3. The molecule has 3 heterocycles. The molecule has 3 heteroatoms. The van der Waals surface area contributed by atoms with Gasteiger partial charge >= 0.3 is 0 Å². The molecule has 0 aliphatic carbocycles. The second-order valence-electron chi connectivity index (χ2n) is 10.0. The zero-order valence-corrected chi connectivity index (χ0v) is 15.7. The highest BCUT2D eigenvalue weighted by atomic mass is 15.4. The fraction of sp³-hybridized carbons (Fsp3) is 1.00. The van der Waals surface area contributed by atoms with Crippen LogP contribution in [0.15, 0.2) is 0 Å². The van der Waals surface area contributed by atoms with E-state index in [2.05, 4.69) is 56.2 Å². The van der Waals surface area contributed by atoms with Crippen molar-refractivity contribution in [3.8, 4) is 0 Å². The van der Waals surface area contributed by atoms with Gasteiger partial charge in [0.25, 0.3) is 0 Å². The van der Waals surface area contributed by atoms with Gasteiger partial charge in [0, 0.05) is 50.3 Å². The molecule has 3 saturated heterocycles. The number of nitrogens with zero attached hydrogens (tertiary/aromatic N) is 3. The number of rotatable bonds is 2. The second-order valence-corrected chi connectivity index (χ2v) is 10.0. The molecule has 1 unspecified atom stereocenters. The minimum Gasteiger partial charge on any atom is -0.298 e. The number of likely N-dealkylation sites (tertiary alicyclic amines) is 3. The van der Waals surface area contributed by atoms with E-state index >= 15 is 0 Å². The highest BCUT2D eigenvalue weighted by Gasteiger charge is 2.44. The highest BCUT2D eigenvalue weighted by Crippen LogP contribution is 2.35. The summed E-state index contributed by atoms with van der Waals surface area (Å²) in [4.78, 5) is 8.14. The maximum atomic E-state index is 2.80. The van der Waals surface area contributed by atoms with E-state index in [1.54, 1.807) is 0 Å². The second kappa shape index (κ2) is 5.75. The SMILES string of the molecule is CC(C)(C)C1CCCN(C2CN(C3CN(C(C)(C)C)C3)C2)C1. The third kappa shape index (κ3) is 3.37. The summed E-state index contributed by atoms with van der Waals surface area (Å²) in [5, 5.41) is 0. The lowest BCUT2D eigenvalue weighted by Crippen LogP contribution is -2.72. The van der Waals surface area contributed by atoms with E-state index in [0.717, 1.165) is 18.0 Å². The zero-order valence-electron chi connectivity index (χ0n) is 15.7. The van der Waals surface area contributed by atoms with E-state index in [9.17, 15) is 0 Å². The monoisotopic (exact) mass is 307 g/mol. The van der Waals surface area contributed by atoms with Gasteiger partial charge in [0.1, 0.15) is 0 Å². The third-order valence-electron chi connectivity index (χ3n) is 6.41. The van der Waals surface area contributed by atoms with Crippen molar-refractivity contribution in [3.63, 3.8) is 0 Å². The van der Waals surface area contributed by atoms with Gasteiger partial charge in [-0.2, -0.15) is 0 Å². The largest absolute Gasteiger partial charge is 0.298 e. The molecule has 3 aliphatic heterocycles. The summed E-state index contributed by atoms with van der Waals surface area (Å²) in [7, 11) is 0. The van der Waals surface area contributed by atoms with Crippen LogP contribution in [-0.2, 0) is 0 Å². The maximum Gasteiger partial charge on any atom is 0.0352 e. The van der Waals surface area contributed by atoms with Crippen LogP contribution in [0.3, 0.4) is 0 Å². The van der Waals surface area contributed by atoms with Crippen molar-refractivity contribution in [2.75, 3.05) is 39.3 Å². The molecule has 0 bridgehead atoms. The molecule has 3 fully saturated rings. The van der Waals surface area contributed by atoms with Crippen LogP contribution in [0.5, 0.6) is 0 Å². The summed E-state index contributed by atoms with van der Waals surface area (Å²) < 4.78 is 0. The molecule has 3 aliphatic rings. The molecule has 22 heavy (non-hydrogen) atoms. The predicted octanol–water partition coefficient (Wildman–Crippen LogP) is 2.91. The number of piperidine rings is 1. The maximum absolute atomic E-state index is 2.80. The van der Waals surface area contributed by atoms with Gasteiger partial charge in [-0.3, -0.25) is 14.7 Å². The molecule has 0 radical (unpaired) electrons. The summed E-state index contributed by atoms with van der Waals surface area (Å²) in [5.74, 6) is 0.885. The Morgan fingerprint density at radius 3 is 1.86 bits per heavy atom. The lowest BCUT2D eigenvalue weighted by atomic mass is 9.75. The van der Waals surface area contributed by atoms with Crippen LogP contribution in [0, 0.1) is 11.3 Å². The first kappa shape index (κ1) is 16.7. The molecule has 0 spiro atoms. The van der Waals surface area contributed by atoms with Gasteiger partial charge in [0.05, 0.1) is 0 Å². The van der Waals surface area contributed by atoms with Crippen LogP contribution in [0.4, 0.5) is 0 Å². The quantitative estimate of drug-likeness (QED) is 0.777. The summed E-state index contributed by atoms with van der Waals surface area (Å²) in [6.07, 6.45) is 2.83. The van der Waals surface area contributed by atoms with E-state index in [4.69, 9.17) is 0 Å². The molecule has 0 saturated carbocycles. The Morgan fingerprint density at radius 1 is 0.727 bits per heavy atom. The van der Waals surface area contributed by atoms with Crippen LogP contribution in [0.25, 0.3) is 0 Å². The topological polar surface area (TPSA) is 9.72 Å². The van der Waals surface area contributed by atoms with Gasteiger partial charge in [-0.05, 0) is 51.5 Å². The summed E-state index contributed by atoms with van der Waals surface area (Å²) >= 11 is 0. The zero-order chi connectivity index (χ0) is 16.1. The Hall–Kier alpha value is -0.120. The van der Waals surface area contributed by atoms with Crippen molar-refractivity contribution in [2.24, 2.45) is 11.3 Å². The van der Waals surface area contributed by atoms with E-state index in [-0.39, 0.29) is 0 Å². The van der Waals surface area contributed by atoms with Crippen molar-refractivity contribution < 1.29 is 0 Å². The predicted molar refractivity (Wildman–Crippen MR) is 94.2 cm³/mol. The van der Waals surface area contributed by atoms with E-state index in [1.165, 1.54) is 52.1 Å². The van der Waals surface area contributed by atoms with Gasteiger partial charge in [0.15, 0.2) is 0 Å². The van der Waals surface area contributed by atoms with Crippen molar-refractivity contribution in [3.05, 3.63) is 0 Å². The molecular formula is C19H37N3. The molecular weight excluding hydrogens is 270 g/mol. The highest BCUT2D eigenvalue weighted by molar-refractivity contribution is 5.01. The van der Waals surface area contributed by atoms with Crippen molar-refractivity contribution in [1.82, 2.24) is 14.7 Å². The smallest absolute Gasteiger partial charge is 0.0352 e. The van der Waals surface area contributed by atoms with Gasteiger partial charge in [-0.15, -0.1) is 0 Å². The molecule has 128 valence electrons. The summed E-state index contributed by atoms with van der Waals surface area (Å²) in [6, 6.07) is 1.67. The first-order valence-electron chi connectivity index (χ1n) is 9.38. The number of hydrogen-bond donors (Lipinski definition) is 0. The molecule has 0 N–H and O–H groups in total. The Balaban J connectivity index is 1.42. The van der Waals surface area contributed by atoms with Gasteiger partial charge in [-0.1, -0.05) is 20.8 Å². The van der Waals surface area contributed by atoms with Crippen LogP contribution in [0.1, 0.15) is 54.4 Å². The molecule has 0 aromatic carbocycles. The Morgan fingerprint density at radius 2 is 1.32 bits per heavy atom. The van der Waals surface area contributed by atoms with Crippen molar-refractivity contribution in [1.29, 1.82) is 0 Å². The normalized spacial score (nSPS) is 31.1. The van der Waals surface area contributed by atoms with E-state index in [1.807, 2.05) is 0 Å². The van der Waals surface area contributed by atoms with Gasteiger partial charge in [-0.25, -0.2) is 0 Å². The molecule has 3 rings (SSSR count). The Kier molecular flexibility index (Phi) is 4.37. The minimum absolute atomic E-state index is 0.355. The fourth-order valence-electron chi connectivity index (χ4n) is 4.30.